The van der Waals surface area contributed by atoms with E-state index in [0.29, 0.717) is 6.42 Å². The Morgan fingerprint density at radius 3 is 2.85 bits per heavy atom. The van der Waals surface area contributed by atoms with Crippen molar-refractivity contribution in [1.82, 2.24) is 4.98 Å². The Hall–Kier alpha value is -0.890. The van der Waals surface area contributed by atoms with Crippen LogP contribution in [-0.2, 0) is 6.42 Å². The third kappa shape index (κ3) is 3.55. The third-order valence-corrected chi connectivity index (χ3v) is 2.10. The lowest BCUT2D eigenvalue weighted by atomic mass is 9.93. The van der Waals surface area contributed by atoms with Gasteiger partial charge < -0.3 is 5.11 Å². The van der Waals surface area contributed by atoms with Crippen molar-refractivity contribution in [2.24, 2.45) is 0 Å². The predicted octanol–water partition coefficient (Wildman–Crippen LogP) is 2.18. The third-order valence-electron chi connectivity index (χ3n) is 2.10. The van der Waals surface area contributed by atoms with Crippen LogP contribution in [0.25, 0.3) is 0 Å². The molecule has 1 heterocycles. The minimum absolute atomic E-state index is 0.586. The molecule has 0 radical (unpaired) electrons. The molecule has 0 fully saturated rings. The van der Waals surface area contributed by atoms with Crippen molar-refractivity contribution in [3.63, 3.8) is 0 Å². The van der Waals surface area contributed by atoms with E-state index in [4.69, 9.17) is 0 Å². The minimum Gasteiger partial charge on any atom is -0.390 e. The highest BCUT2D eigenvalue weighted by atomic mass is 16.3. The van der Waals surface area contributed by atoms with E-state index >= 15 is 0 Å². The van der Waals surface area contributed by atoms with Crippen molar-refractivity contribution < 1.29 is 5.11 Å². The standard InChI is InChI=1S/C11H17NO/c1-3-6-11(2,13)8-10-5-4-7-12-9-10/h4-5,7,9,13H,3,6,8H2,1-2H3/t11-/m0/s1. The zero-order chi connectivity index (χ0) is 9.73. The van der Waals surface area contributed by atoms with Crippen LogP contribution in [0.4, 0.5) is 0 Å². The SMILES string of the molecule is CCC[C@](C)(O)Cc1cccnc1. The Morgan fingerprint density at radius 1 is 1.54 bits per heavy atom. The first kappa shape index (κ1) is 10.2. The van der Waals surface area contributed by atoms with Gasteiger partial charge >= 0.3 is 0 Å². The molecule has 0 aliphatic heterocycles. The summed E-state index contributed by atoms with van der Waals surface area (Å²) in [6.45, 7) is 3.96. The van der Waals surface area contributed by atoms with Crippen molar-refractivity contribution >= 4 is 0 Å². The first-order valence-electron chi connectivity index (χ1n) is 4.75. The second-order valence-corrected chi connectivity index (χ2v) is 3.78. The average molecular weight is 179 g/mol. The molecule has 0 saturated heterocycles. The van der Waals surface area contributed by atoms with Crippen molar-refractivity contribution in [3.05, 3.63) is 30.1 Å². The minimum atomic E-state index is -0.586. The topological polar surface area (TPSA) is 33.1 Å². The van der Waals surface area contributed by atoms with Gasteiger partial charge in [0.25, 0.3) is 0 Å². The summed E-state index contributed by atoms with van der Waals surface area (Å²) in [4.78, 5) is 4.02. The molecule has 72 valence electrons. The lowest BCUT2D eigenvalue weighted by Gasteiger charge is -2.22. The van der Waals surface area contributed by atoms with E-state index < -0.39 is 5.60 Å². The second-order valence-electron chi connectivity index (χ2n) is 3.78. The van der Waals surface area contributed by atoms with Crippen LogP contribution in [0.3, 0.4) is 0 Å². The quantitative estimate of drug-likeness (QED) is 0.768. The average Bonchev–Trinajstić information content (AvgIpc) is 2.04. The summed E-state index contributed by atoms with van der Waals surface area (Å²) >= 11 is 0. The molecule has 0 saturated carbocycles. The van der Waals surface area contributed by atoms with Crippen LogP contribution in [-0.4, -0.2) is 15.7 Å². The van der Waals surface area contributed by atoms with Gasteiger partial charge in [-0.25, -0.2) is 0 Å². The van der Waals surface area contributed by atoms with Crippen LogP contribution >= 0.6 is 0 Å². The fourth-order valence-electron chi connectivity index (χ4n) is 1.57. The van der Waals surface area contributed by atoms with Crippen LogP contribution in [0.15, 0.2) is 24.5 Å². The van der Waals surface area contributed by atoms with Crippen LogP contribution < -0.4 is 0 Å². The molecule has 1 N–H and O–H groups in total. The molecule has 1 atom stereocenters. The Morgan fingerprint density at radius 2 is 2.31 bits per heavy atom. The van der Waals surface area contributed by atoms with Gasteiger partial charge in [-0.3, -0.25) is 4.98 Å². The van der Waals surface area contributed by atoms with Crippen molar-refractivity contribution in [1.29, 1.82) is 0 Å². The number of rotatable bonds is 4. The highest BCUT2D eigenvalue weighted by Crippen LogP contribution is 2.17. The molecule has 0 aliphatic rings. The molecule has 0 aliphatic carbocycles. The molecule has 0 amide bonds. The number of pyridine rings is 1. The van der Waals surface area contributed by atoms with Gasteiger partial charge in [0.05, 0.1) is 5.60 Å². The van der Waals surface area contributed by atoms with Crippen LogP contribution in [0.2, 0.25) is 0 Å². The van der Waals surface area contributed by atoms with Crippen LogP contribution in [0.1, 0.15) is 32.3 Å². The van der Waals surface area contributed by atoms with Gasteiger partial charge in [-0.1, -0.05) is 19.4 Å². The number of hydrogen-bond acceptors (Lipinski definition) is 2. The summed E-state index contributed by atoms with van der Waals surface area (Å²) in [5, 5.41) is 9.94. The fraction of sp³-hybridized carbons (Fsp3) is 0.545. The lowest BCUT2D eigenvalue weighted by Crippen LogP contribution is -2.26. The monoisotopic (exact) mass is 179 g/mol. The predicted molar refractivity (Wildman–Crippen MR) is 53.5 cm³/mol. The Kier molecular flexibility index (Phi) is 3.43. The largest absolute Gasteiger partial charge is 0.390 e. The number of nitrogens with zero attached hydrogens (tertiary/aromatic N) is 1. The van der Waals surface area contributed by atoms with Gasteiger partial charge in [0.2, 0.25) is 0 Å². The lowest BCUT2D eigenvalue weighted by molar-refractivity contribution is 0.0505. The van der Waals surface area contributed by atoms with Gasteiger partial charge in [-0.2, -0.15) is 0 Å². The molecule has 0 aromatic carbocycles. The molecular formula is C11H17NO. The van der Waals surface area contributed by atoms with Gasteiger partial charge in [0.1, 0.15) is 0 Å². The highest BCUT2D eigenvalue weighted by molar-refractivity contribution is 5.11. The Labute approximate surface area is 79.6 Å². The summed E-state index contributed by atoms with van der Waals surface area (Å²) in [6, 6.07) is 3.90. The van der Waals surface area contributed by atoms with Crippen LogP contribution in [0, 0.1) is 0 Å². The molecule has 0 spiro atoms. The van der Waals surface area contributed by atoms with Crippen LogP contribution in [0.5, 0.6) is 0 Å². The smallest absolute Gasteiger partial charge is 0.0660 e. The molecule has 1 aromatic rings. The second kappa shape index (κ2) is 4.38. The molecule has 0 unspecified atom stereocenters. The van der Waals surface area contributed by atoms with E-state index in [9.17, 15) is 5.11 Å². The number of aromatic nitrogens is 1. The van der Waals surface area contributed by atoms with E-state index in [0.717, 1.165) is 18.4 Å². The summed E-state index contributed by atoms with van der Waals surface area (Å²) < 4.78 is 0. The molecule has 1 rings (SSSR count). The van der Waals surface area contributed by atoms with Crippen molar-refractivity contribution in [2.45, 2.75) is 38.7 Å². The van der Waals surface area contributed by atoms with E-state index in [1.807, 2.05) is 25.3 Å². The van der Waals surface area contributed by atoms with Gasteiger partial charge in [0.15, 0.2) is 0 Å². The van der Waals surface area contributed by atoms with Gasteiger partial charge in [-0.15, -0.1) is 0 Å². The first-order valence-corrected chi connectivity index (χ1v) is 4.75. The maximum atomic E-state index is 9.94. The fourth-order valence-corrected chi connectivity index (χ4v) is 1.57. The molecule has 2 heteroatoms. The maximum Gasteiger partial charge on any atom is 0.0660 e. The zero-order valence-corrected chi connectivity index (χ0v) is 8.33. The molecule has 1 aromatic heterocycles. The van der Waals surface area contributed by atoms with Gasteiger partial charge in [0, 0.05) is 18.8 Å². The number of aliphatic hydroxyl groups is 1. The van der Waals surface area contributed by atoms with E-state index in [2.05, 4.69) is 11.9 Å². The molecule has 13 heavy (non-hydrogen) atoms. The van der Waals surface area contributed by atoms with Gasteiger partial charge in [-0.05, 0) is 25.0 Å². The highest BCUT2D eigenvalue weighted by Gasteiger charge is 2.19. The van der Waals surface area contributed by atoms with Crippen molar-refractivity contribution in [3.8, 4) is 0 Å². The summed E-state index contributed by atoms with van der Waals surface area (Å²) in [6.07, 6.45) is 6.09. The summed E-state index contributed by atoms with van der Waals surface area (Å²) in [5.41, 5.74) is 0.513. The van der Waals surface area contributed by atoms with E-state index in [1.54, 1.807) is 6.20 Å². The Bertz CT molecular complexity index is 244. The number of hydrogen-bond donors (Lipinski definition) is 1. The molecular weight excluding hydrogens is 162 g/mol. The van der Waals surface area contributed by atoms with E-state index in [-0.39, 0.29) is 0 Å². The molecule has 0 bridgehead atoms. The normalized spacial score (nSPS) is 15.3. The first-order chi connectivity index (χ1) is 6.14. The Balaban J connectivity index is 2.58. The maximum absolute atomic E-state index is 9.94. The van der Waals surface area contributed by atoms with E-state index in [1.165, 1.54) is 0 Å². The molecule has 2 nitrogen and oxygen atoms in total. The van der Waals surface area contributed by atoms with Crippen molar-refractivity contribution in [2.75, 3.05) is 0 Å². The zero-order valence-electron chi connectivity index (χ0n) is 8.33. The summed E-state index contributed by atoms with van der Waals surface area (Å²) in [5.74, 6) is 0. The summed E-state index contributed by atoms with van der Waals surface area (Å²) in [7, 11) is 0.